The molecule has 0 aromatic heterocycles. The normalized spacial score (nSPS) is 16.3. The van der Waals surface area contributed by atoms with Gasteiger partial charge in [-0.05, 0) is 81.8 Å². The highest BCUT2D eigenvalue weighted by Crippen LogP contribution is 2.30. The van der Waals surface area contributed by atoms with Crippen LogP contribution in [0.15, 0.2) is 48.5 Å². The van der Waals surface area contributed by atoms with E-state index < -0.39 is 23.1 Å². The van der Waals surface area contributed by atoms with Gasteiger partial charge in [0.15, 0.2) is 0 Å². The minimum Gasteiger partial charge on any atom is -0.460 e. The average molecular weight is 441 g/mol. The first-order valence-electron chi connectivity index (χ1n) is 10.9. The number of esters is 2. The Morgan fingerprint density at radius 3 is 1.94 bits per heavy atom. The number of ether oxygens (including phenoxy) is 3. The lowest BCUT2D eigenvalue weighted by Crippen LogP contribution is -2.55. The molecule has 32 heavy (non-hydrogen) atoms. The van der Waals surface area contributed by atoms with Gasteiger partial charge in [-0.15, -0.1) is 0 Å². The molecule has 1 saturated carbocycles. The molecule has 1 atom stereocenters. The van der Waals surface area contributed by atoms with Crippen molar-refractivity contribution in [1.82, 2.24) is 0 Å². The van der Waals surface area contributed by atoms with E-state index in [2.05, 4.69) is 0 Å². The first-order valence-corrected chi connectivity index (χ1v) is 10.9. The van der Waals surface area contributed by atoms with Gasteiger partial charge in [-0.2, -0.15) is 0 Å². The van der Waals surface area contributed by atoms with Crippen LogP contribution in [0.3, 0.4) is 0 Å². The van der Waals surface area contributed by atoms with Gasteiger partial charge in [0.1, 0.15) is 23.2 Å². The van der Waals surface area contributed by atoms with Crippen LogP contribution in [0.5, 0.6) is 11.5 Å². The highest BCUT2D eigenvalue weighted by atomic mass is 16.6. The van der Waals surface area contributed by atoms with Crippen molar-refractivity contribution in [3.05, 3.63) is 59.7 Å². The Morgan fingerprint density at radius 1 is 0.906 bits per heavy atom. The van der Waals surface area contributed by atoms with Gasteiger partial charge in [-0.3, -0.25) is 0 Å². The molecular formula is C25H32N2O5. The summed E-state index contributed by atoms with van der Waals surface area (Å²) in [6.07, 6.45) is 3.28. The van der Waals surface area contributed by atoms with Crippen LogP contribution in [0.4, 0.5) is 0 Å². The molecule has 0 aliphatic heterocycles. The van der Waals surface area contributed by atoms with Crippen LogP contribution in [0.1, 0.15) is 57.6 Å². The van der Waals surface area contributed by atoms with Gasteiger partial charge >= 0.3 is 11.9 Å². The van der Waals surface area contributed by atoms with Crippen LogP contribution in [0.25, 0.3) is 0 Å². The summed E-state index contributed by atoms with van der Waals surface area (Å²) in [5, 5.41) is 0. The molecule has 0 radical (unpaired) electrons. The Kier molecular flexibility index (Phi) is 7.21. The van der Waals surface area contributed by atoms with Crippen LogP contribution in [-0.4, -0.2) is 23.6 Å². The molecule has 0 spiro atoms. The van der Waals surface area contributed by atoms with Crippen molar-refractivity contribution in [2.45, 2.75) is 70.2 Å². The quantitative estimate of drug-likeness (QED) is 0.495. The lowest BCUT2D eigenvalue weighted by Gasteiger charge is -2.30. The zero-order valence-electron chi connectivity index (χ0n) is 18.9. The smallest absolute Gasteiger partial charge is 0.343 e. The monoisotopic (exact) mass is 440 g/mol. The van der Waals surface area contributed by atoms with Crippen molar-refractivity contribution in [1.29, 1.82) is 0 Å². The number of carbonyl (C=O) groups is 2. The van der Waals surface area contributed by atoms with E-state index in [0.29, 0.717) is 18.0 Å². The summed E-state index contributed by atoms with van der Waals surface area (Å²) in [6.45, 7) is 5.62. The Hall–Kier alpha value is -2.90. The minimum absolute atomic E-state index is 0.230. The lowest BCUT2D eigenvalue weighted by molar-refractivity contribution is -0.174. The number of hydrogen-bond acceptors (Lipinski definition) is 7. The van der Waals surface area contributed by atoms with Crippen LogP contribution in [-0.2, 0) is 31.1 Å². The third kappa shape index (κ3) is 5.66. The fourth-order valence-corrected chi connectivity index (χ4v) is 3.54. The minimum atomic E-state index is -2.07. The summed E-state index contributed by atoms with van der Waals surface area (Å²) in [6, 6.07) is 13.9. The molecule has 7 heteroatoms. The summed E-state index contributed by atoms with van der Waals surface area (Å²) in [7, 11) is 0. The molecule has 0 unspecified atom stereocenters. The van der Waals surface area contributed by atoms with Gasteiger partial charge in [0.2, 0.25) is 5.54 Å². The SMILES string of the molecule is CC(C)(C)OC(=O)[C@@](N)(C(=O)OC1CCCC1)c1ccc(Oc2ccc(CN)cc2)cc1. The highest BCUT2D eigenvalue weighted by Gasteiger charge is 2.49. The van der Waals surface area contributed by atoms with Gasteiger partial charge < -0.3 is 25.7 Å². The van der Waals surface area contributed by atoms with Gasteiger partial charge in [0.25, 0.3) is 0 Å². The molecule has 3 rings (SSSR count). The summed E-state index contributed by atoms with van der Waals surface area (Å²) in [5.74, 6) is -0.476. The number of nitrogens with two attached hydrogens (primary N) is 2. The summed E-state index contributed by atoms with van der Waals surface area (Å²) in [5.41, 5.74) is 10.4. The molecule has 172 valence electrons. The van der Waals surface area contributed by atoms with Crippen molar-refractivity contribution in [3.63, 3.8) is 0 Å². The van der Waals surface area contributed by atoms with E-state index in [1.165, 1.54) is 0 Å². The summed E-state index contributed by atoms with van der Waals surface area (Å²) < 4.78 is 16.9. The van der Waals surface area contributed by atoms with E-state index in [1.54, 1.807) is 45.0 Å². The van der Waals surface area contributed by atoms with E-state index in [4.69, 9.17) is 25.7 Å². The van der Waals surface area contributed by atoms with Crippen molar-refractivity contribution < 1.29 is 23.8 Å². The number of carbonyl (C=O) groups excluding carboxylic acids is 2. The fourth-order valence-electron chi connectivity index (χ4n) is 3.54. The summed E-state index contributed by atoms with van der Waals surface area (Å²) in [4.78, 5) is 26.1. The molecule has 7 nitrogen and oxygen atoms in total. The second-order valence-corrected chi connectivity index (χ2v) is 9.10. The Labute approximate surface area is 189 Å². The third-order valence-corrected chi connectivity index (χ3v) is 5.32. The molecule has 1 fully saturated rings. The first-order chi connectivity index (χ1) is 15.1. The molecule has 0 heterocycles. The van der Waals surface area contributed by atoms with Crippen LogP contribution in [0.2, 0.25) is 0 Å². The molecule has 4 N–H and O–H groups in total. The predicted molar refractivity (Wildman–Crippen MR) is 121 cm³/mol. The van der Waals surface area contributed by atoms with Crippen LogP contribution < -0.4 is 16.2 Å². The van der Waals surface area contributed by atoms with E-state index in [1.807, 2.05) is 24.3 Å². The van der Waals surface area contributed by atoms with E-state index in [9.17, 15) is 9.59 Å². The van der Waals surface area contributed by atoms with Gasteiger partial charge in [0.05, 0.1) is 0 Å². The Bertz CT molecular complexity index is 928. The number of benzene rings is 2. The molecule has 1 aliphatic carbocycles. The largest absolute Gasteiger partial charge is 0.460 e. The van der Waals surface area contributed by atoms with E-state index in [0.717, 1.165) is 31.2 Å². The lowest BCUT2D eigenvalue weighted by atomic mass is 9.90. The zero-order chi connectivity index (χ0) is 23.4. The number of rotatable bonds is 7. The highest BCUT2D eigenvalue weighted by molar-refractivity contribution is 6.05. The second-order valence-electron chi connectivity index (χ2n) is 9.10. The molecule has 2 aromatic rings. The Morgan fingerprint density at radius 2 is 1.44 bits per heavy atom. The van der Waals surface area contributed by atoms with Crippen molar-refractivity contribution in [3.8, 4) is 11.5 Å². The van der Waals surface area contributed by atoms with Crippen molar-refractivity contribution in [2.75, 3.05) is 0 Å². The van der Waals surface area contributed by atoms with Gasteiger partial charge in [-0.1, -0.05) is 24.3 Å². The maximum atomic E-state index is 13.1. The standard InChI is InChI=1S/C25H32N2O5/c1-24(2,3)32-23(29)25(27,22(28)31-19-6-4-5-7-19)18-10-14-21(15-11-18)30-20-12-8-17(16-26)9-13-20/h8-15,19H,4-7,16,26-27H2,1-3H3/t25-/m0/s1. The second kappa shape index (κ2) is 9.71. The molecular weight excluding hydrogens is 408 g/mol. The number of hydrogen-bond donors (Lipinski definition) is 2. The van der Waals surface area contributed by atoms with E-state index in [-0.39, 0.29) is 11.7 Å². The van der Waals surface area contributed by atoms with Crippen LogP contribution in [0, 0.1) is 0 Å². The molecule has 0 amide bonds. The maximum Gasteiger partial charge on any atom is 0.343 e. The average Bonchev–Trinajstić information content (AvgIpc) is 3.26. The first kappa shape index (κ1) is 23.8. The van der Waals surface area contributed by atoms with Gasteiger partial charge in [0, 0.05) is 6.54 Å². The molecule has 2 aromatic carbocycles. The van der Waals surface area contributed by atoms with Crippen molar-refractivity contribution in [2.24, 2.45) is 11.5 Å². The van der Waals surface area contributed by atoms with E-state index >= 15 is 0 Å². The van der Waals surface area contributed by atoms with Gasteiger partial charge in [-0.25, -0.2) is 9.59 Å². The fraction of sp³-hybridized carbons (Fsp3) is 0.440. The topological polar surface area (TPSA) is 114 Å². The van der Waals surface area contributed by atoms with Crippen molar-refractivity contribution >= 4 is 11.9 Å². The Balaban J connectivity index is 1.84. The molecule has 0 saturated heterocycles. The predicted octanol–water partition coefficient (Wildman–Crippen LogP) is 3.92. The molecule has 1 aliphatic rings. The molecule has 0 bridgehead atoms. The maximum absolute atomic E-state index is 13.1. The summed E-state index contributed by atoms with van der Waals surface area (Å²) >= 11 is 0. The zero-order valence-corrected chi connectivity index (χ0v) is 18.9. The van der Waals surface area contributed by atoms with Crippen LogP contribution >= 0.6 is 0 Å². The third-order valence-electron chi connectivity index (χ3n) is 5.32.